The Morgan fingerprint density at radius 2 is 2.00 bits per heavy atom. The quantitative estimate of drug-likeness (QED) is 0.487. The highest BCUT2D eigenvalue weighted by molar-refractivity contribution is 5.59. The molecule has 1 aromatic heterocycles. The van der Waals surface area contributed by atoms with Crippen molar-refractivity contribution < 1.29 is 4.92 Å². The van der Waals surface area contributed by atoms with Gasteiger partial charge in [0.1, 0.15) is 5.82 Å². The lowest BCUT2D eigenvalue weighted by Crippen LogP contribution is -2.39. The van der Waals surface area contributed by atoms with E-state index < -0.39 is 4.92 Å². The van der Waals surface area contributed by atoms with Gasteiger partial charge < -0.3 is 5.32 Å². The van der Waals surface area contributed by atoms with E-state index in [1.165, 1.54) is 12.1 Å². The van der Waals surface area contributed by atoms with Crippen LogP contribution in [-0.2, 0) is 0 Å². The van der Waals surface area contributed by atoms with Gasteiger partial charge in [-0.15, -0.1) is 6.58 Å². The number of nitro benzene ring substituents is 1. The summed E-state index contributed by atoms with van der Waals surface area (Å²) in [4.78, 5) is 21.8. The van der Waals surface area contributed by atoms with Crippen LogP contribution in [0.4, 0.5) is 11.5 Å². The van der Waals surface area contributed by atoms with E-state index in [4.69, 9.17) is 0 Å². The molecule has 3 rings (SSSR count). The summed E-state index contributed by atoms with van der Waals surface area (Å²) in [5, 5.41) is 14.3. The van der Waals surface area contributed by atoms with Crippen LogP contribution in [0.5, 0.6) is 0 Å². The highest BCUT2D eigenvalue weighted by Gasteiger charge is 2.19. The van der Waals surface area contributed by atoms with Crippen molar-refractivity contribution in [1.82, 2.24) is 14.9 Å². The largest absolute Gasteiger partial charge is 0.367 e. The number of hydrogen-bond donors (Lipinski definition) is 1. The fourth-order valence-electron chi connectivity index (χ4n) is 3.16. The lowest BCUT2D eigenvalue weighted by Gasteiger charge is -2.31. The Bertz CT molecular complexity index is 783. The molecule has 1 aliphatic rings. The standard InChI is InChI=1S/C19H23N5O2/c1-3-10-23-11-8-16(9-12-23)21-18-13-14(2)20-19(22-18)15-4-6-17(7-5-15)24(25)26/h3-7,13,16H,1,8-12H2,2H3,(H,20,21,22). The summed E-state index contributed by atoms with van der Waals surface area (Å²) < 4.78 is 0. The van der Waals surface area contributed by atoms with Crippen LogP contribution >= 0.6 is 0 Å². The summed E-state index contributed by atoms with van der Waals surface area (Å²) in [5.74, 6) is 1.37. The van der Waals surface area contributed by atoms with Gasteiger partial charge in [-0.1, -0.05) is 6.08 Å². The first-order chi connectivity index (χ1) is 12.5. The van der Waals surface area contributed by atoms with Crippen LogP contribution < -0.4 is 5.32 Å². The predicted molar refractivity (Wildman–Crippen MR) is 102 cm³/mol. The van der Waals surface area contributed by atoms with Crippen molar-refractivity contribution in [2.75, 3.05) is 25.0 Å². The third kappa shape index (κ3) is 4.43. The third-order valence-electron chi connectivity index (χ3n) is 4.52. The van der Waals surface area contributed by atoms with E-state index in [0.717, 1.165) is 49.6 Å². The minimum absolute atomic E-state index is 0.0611. The molecule has 1 saturated heterocycles. The molecule has 0 amide bonds. The van der Waals surface area contributed by atoms with Crippen LogP contribution in [0.1, 0.15) is 18.5 Å². The number of aryl methyl sites for hydroxylation is 1. The number of likely N-dealkylation sites (tertiary alicyclic amines) is 1. The van der Waals surface area contributed by atoms with Crippen LogP contribution in [0.25, 0.3) is 11.4 Å². The van der Waals surface area contributed by atoms with Gasteiger partial charge in [-0.05, 0) is 31.9 Å². The summed E-state index contributed by atoms with van der Waals surface area (Å²) in [6.07, 6.45) is 4.06. The fraction of sp³-hybridized carbons (Fsp3) is 0.368. The van der Waals surface area contributed by atoms with Crippen LogP contribution in [0.2, 0.25) is 0 Å². The second kappa shape index (κ2) is 8.05. The van der Waals surface area contributed by atoms with Gasteiger partial charge in [0, 0.05) is 55.1 Å². The monoisotopic (exact) mass is 353 g/mol. The molecule has 0 atom stereocenters. The molecule has 0 aliphatic carbocycles. The van der Waals surface area contributed by atoms with E-state index in [1.54, 1.807) is 12.1 Å². The molecule has 26 heavy (non-hydrogen) atoms. The van der Waals surface area contributed by atoms with Gasteiger partial charge in [0.05, 0.1) is 4.92 Å². The van der Waals surface area contributed by atoms with Gasteiger partial charge in [0.2, 0.25) is 0 Å². The molecule has 1 N–H and O–H groups in total. The number of nitrogens with zero attached hydrogens (tertiary/aromatic N) is 4. The molecule has 7 heteroatoms. The number of rotatable bonds is 6. The van der Waals surface area contributed by atoms with E-state index >= 15 is 0 Å². The first-order valence-electron chi connectivity index (χ1n) is 8.75. The number of piperidine rings is 1. The first-order valence-corrected chi connectivity index (χ1v) is 8.75. The van der Waals surface area contributed by atoms with Gasteiger partial charge in [0.25, 0.3) is 5.69 Å². The van der Waals surface area contributed by atoms with E-state index in [-0.39, 0.29) is 5.69 Å². The van der Waals surface area contributed by atoms with Crippen LogP contribution in [0.15, 0.2) is 43.0 Å². The zero-order valence-corrected chi connectivity index (χ0v) is 14.9. The summed E-state index contributed by atoms with van der Waals surface area (Å²) in [5.41, 5.74) is 1.69. The normalized spacial score (nSPS) is 15.6. The molecule has 1 aromatic carbocycles. The molecule has 136 valence electrons. The molecule has 2 heterocycles. The van der Waals surface area contributed by atoms with Crippen LogP contribution in [-0.4, -0.2) is 45.5 Å². The van der Waals surface area contributed by atoms with Gasteiger partial charge in [-0.3, -0.25) is 15.0 Å². The molecular formula is C19H23N5O2. The summed E-state index contributed by atoms with van der Waals surface area (Å²) in [7, 11) is 0. The maximum Gasteiger partial charge on any atom is 0.269 e. The Morgan fingerprint density at radius 1 is 1.31 bits per heavy atom. The second-order valence-electron chi connectivity index (χ2n) is 6.53. The van der Waals surface area contributed by atoms with Crippen molar-refractivity contribution >= 4 is 11.5 Å². The molecule has 7 nitrogen and oxygen atoms in total. The number of hydrogen-bond acceptors (Lipinski definition) is 6. The molecule has 0 radical (unpaired) electrons. The van der Waals surface area contributed by atoms with Crippen molar-refractivity contribution in [2.45, 2.75) is 25.8 Å². The number of nitrogens with one attached hydrogen (secondary N) is 1. The average molecular weight is 353 g/mol. The average Bonchev–Trinajstić information content (AvgIpc) is 2.63. The van der Waals surface area contributed by atoms with E-state index in [0.29, 0.717) is 11.9 Å². The maximum atomic E-state index is 10.8. The second-order valence-corrected chi connectivity index (χ2v) is 6.53. The number of aromatic nitrogens is 2. The van der Waals surface area contributed by atoms with Gasteiger partial charge in [-0.2, -0.15) is 0 Å². The lowest BCUT2D eigenvalue weighted by atomic mass is 10.1. The molecule has 0 unspecified atom stereocenters. The van der Waals surface area contributed by atoms with Crippen molar-refractivity contribution in [3.05, 3.63) is 58.8 Å². The molecule has 0 bridgehead atoms. The van der Waals surface area contributed by atoms with E-state index in [2.05, 4.69) is 26.8 Å². The molecular weight excluding hydrogens is 330 g/mol. The summed E-state index contributed by atoms with van der Waals surface area (Å²) in [6, 6.07) is 8.64. The first kappa shape index (κ1) is 18.0. The number of nitro groups is 1. The van der Waals surface area contributed by atoms with Crippen molar-refractivity contribution in [3.63, 3.8) is 0 Å². The minimum atomic E-state index is -0.410. The van der Waals surface area contributed by atoms with Gasteiger partial charge in [0.15, 0.2) is 5.82 Å². The van der Waals surface area contributed by atoms with E-state index in [1.807, 2.05) is 19.1 Å². The smallest absolute Gasteiger partial charge is 0.269 e. The van der Waals surface area contributed by atoms with Crippen LogP contribution in [0.3, 0.4) is 0 Å². The van der Waals surface area contributed by atoms with Gasteiger partial charge >= 0.3 is 0 Å². The lowest BCUT2D eigenvalue weighted by molar-refractivity contribution is -0.384. The number of anilines is 1. The highest BCUT2D eigenvalue weighted by atomic mass is 16.6. The Kier molecular flexibility index (Phi) is 5.58. The Morgan fingerprint density at radius 3 is 2.62 bits per heavy atom. The minimum Gasteiger partial charge on any atom is -0.367 e. The zero-order valence-electron chi connectivity index (χ0n) is 14.9. The molecule has 0 saturated carbocycles. The molecule has 2 aromatic rings. The summed E-state index contributed by atoms with van der Waals surface area (Å²) >= 11 is 0. The number of benzene rings is 1. The number of non-ortho nitro benzene ring substituents is 1. The third-order valence-corrected chi connectivity index (χ3v) is 4.52. The maximum absolute atomic E-state index is 10.8. The Balaban J connectivity index is 1.72. The Hall–Kier alpha value is -2.80. The molecule has 1 fully saturated rings. The van der Waals surface area contributed by atoms with E-state index in [9.17, 15) is 10.1 Å². The highest BCUT2D eigenvalue weighted by Crippen LogP contribution is 2.22. The van der Waals surface area contributed by atoms with Gasteiger partial charge in [-0.25, -0.2) is 9.97 Å². The summed E-state index contributed by atoms with van der Waals surface area (Å²) in [6.45, 7) is 8.74. The van der Waals surface area contributed by atoms with Crippen molar-refractivity contribution in [1.29, 1.82) is 0 Å². The Labute approximate surface area is 152 Å². The SMILES string of the molecule is C=CCN1CCC(Nc2cc(C)nc(-c3ccc([N+](=O)[O-])cc3)n2)CC1. The van der Waals surface area contributed by atoms with Crippen molar-refractivity contribution in [2.24, 2.45) is 0 Å². The molecule has 0 spiro atoms. The zero-order chi connectivity index (χ0) is 18.5. The topological polar surface area (TPSA) is 84.2 Å². The van der Waals surface area contributed by atoms with Crippen LogP contribution in [0, 0.1) is 17.0 Å². The molecule has 1 aliphatic heterocycles. The predicted octanol–water partition coefficient (Wildman–Crippen LogP) is 3.42. The fourth-order valence-corrected chi connectivity index (χ4v) is 3.16. The van der Waals surface area contributed by atoms with Crippen molar-refractivity contribution in [3.8, 4) is 11.4 Å².